The summed E-state index contributed by atoms with van der Waals surface area (Å²) in [7, 11) is 0. The number of hydrogen-bond acceptors (Lipinski definition) is 4. The van der Waals surface area contributed by atoms with Crippen LogP contribution >= 0.6 is 46.1 Å². The number of nitrogens with zero attached hydrogens (tertiary/aromatic N) is 2. The molecule has 0 unspecified atom stereocenters. The first-order valence-corrected chi connectivity index (χ1v) is 12.5. The normalized spacial score (nSPS) is 18.6. The molecule has 35 heavy (non-hydrogen) atoms. The maximum atomic E-state index is 14.3. The van der Waals surface area contributed by atoms with Gasteiger partial charge in [0.25, 0.3) is 0 Å². The van der Waals surface area contributed by atoms with Gasteiger partial charge >= 0.3 is 12.4 Å². The highest BCUT2D eigenvalue weighted by atomic mass is 35.5. The van der Waals surface area contributed by atoms with E-state index in [1.165, 1.54) is 4.90 Å². The highest BCUT2D eigenvalue weighted by molar-refractivity contribution is 7.15. The highest BCUT2D eigenvalue weighted by Crippen LogP contribution is 2.51. The van der Waals surface area contributed by atoms with Gasteiger partial charge in [-0.2, -0.15) is 26.3 Å². The smallest absolute Gasteiger partial charge is 0.351 e. The van der Waals surface area contributed by atoms with Crippen LogP contribution in [-0.2, 0) is 22.9 Å². The average molecular weight is 581 g/mol. The van der Waals surface area contributed by atoms with Crippen molar-refractivity contribution in [3.8, 4) is 0 Å². The van der Waals surface area contributed by atoms with E-state index in [1.54, 1.807) is 0 Å². The number of alkyl halides is 6. The predicted octanol–water partition coefficient (Wildman–Crippen LogP) is 7.25. The maximum Gasteiger partial charge on any atom is 0.434 e. The molecule has 0 bridgehead atoms. The van der Waals surface area contributed by atoms with Gasteiger partial charge in [0.15, 0.2) is 10.8 Å². The van der Waals surface area contributed by atoms with Crippen molar-refractivity contribution in [2.45, 2.75) is 50.0 Å². The van der Waals surface area contributed by atoms with Crippen LogP contribution in [0.25, 0.3) is 0 Å². The van der Waals surface area contributed by atoms with Crippen LogP contribution in [0, 0.1) is 5.92 Å². The Morgan fingerprint density at radius 3 is 2.14 bits per heavy atom. The Morgan fingerprint density at radius 1 is 1.09 bits per heavy atom. The third kappa shape index (κ3) is 5.33. The number of thiazole rings is 1. The Hall–Kier alpha value is -1.43. The summed E-state index contributed by atoms with van der Waals surface area (Å²) >= 11 is 18.6. The molecule has 1 amide bonds. The molecule has 1 saturated carbocycles. The van der Waals surface area contributed by atoms with Gasteiger partial charge < -0.3 is 10.2 Å². The van der Waals surface area contributed by atoms with Crippen LogP contribution in [0.3, 0.4) is 0 Å². The van der Waals surface area contributed by atoms with Crippen molar-refractivity contribution in [1.82, 2.24) is 10.3 Å². The van der Waals surface area contributed by atoms with Crippen molar-refractivity contribution in [3.05, 3.63) is 43.3 Å². The molecule has 1 aromatic heterocycles. The number of aromatic nitrogens is 1. The predicted molar refractivity (Wildman–Crippen MR) is 122 cm³/mol. The molecule has 4 rings (SSSR count). The first-order chi connectivity index (χ1) is 16.2. The van der Waals surface area contributed by atoms with Crippen LogP contribution in [0.1, 0.15) is 41.8 Å². The topological polar surface area (TPSA) is 45.2 Å². The number of rotatable bonds is 5. The van der Waals surface area contributed by atoms with Crippen molar-refractivity contribution in [3.63, 3.8) is 0 Å². The lowest BCUT2D eigenvalue weighted by molar-refractivity contribution is -0.196. The lowest BCUT2D eigenvalue weighted by atomic mass is 9.72. The van der Waals surface area contributed by atoms with Crippen molar-refractivity contribution >= 4 is 57.2 Å². The number of anilines is 1. The van der Waals surface area contributed by atoms with Crippen molar-refractivity contribution in [2.75, 3.05) is 18.0 Å². The van der Waals surface area contributed by atoms with E-state index in [2.05, 4.69) is 10.3 Å². The number of halogens is 9. The lowest BCUT2D eigenvalue weighted by Crippen LogP contribution is -2.51. The fourth-order valence-corrected chi connectivity index (χ4v) is 5.79. The van der Waals surface area contributed by atoms with Gasteiger partial charge in [-0.05, 0) is 43.4 Å². The summed E-state index contributed by atoms with van der Waals surface area (Å²) in [6.07, 6.45) is -8.93. The Labute approximate surface area is 215 Å². The minimum Gasteiger partial charge on any atom is -0.351 e. The maximum absolute atomic E-state index is 14.3. The van der Waals surface area contributed by atoms with E-state index in [1.807, 2.05) is 0 Å². The third-order valence-corrected chi connectivity index (χ3v) is 8.61. The monoisotopic (exact) mass is 579 g/mol. The molecule has 2 fully saturated rings. The minimum atomic E-state index is -4.77. The Morgan fingerprint density at radius 2 is 1.66 bits per heavy atom. The number of carbonyl (C=O) groups excluding carboxylic acids is 1. The van der Waals surface area contributed by atoms with Gasteiger partial charge in [-0.25, -0.2) is 4.98 Å². The Kier molecular flexibility index (Phi) is 7.20. The molecule has 14 heteroatoms. The van der Waals surface area contributed by atoms with Crippen molar-refractivity contribution in [1.29, 1.82) is 0 Å². The fraction of sp³-hybridized carbons (Fsp3) is 0.524. The molecule has 192 valence electrons. The van der Waals surface area contributed by atoms with Crippen LogP contribution in [0.4, 0.5) is 31.5 Å². The largest absolute Gasteiger partial charge is 0.434 e. The molecule has 0 radical (unpaired) electrons. The molecule has 1 aromatic carbocycles. The van der Waals surface area contributed by atoms with Gasteiger partial charge in [0.05, 0.1) is 31.9 Å². The molecule has 1 aliphatic carbocycles. The van der Waals surface area contributed by atoms with Gasteiger partial charge in [-0.15, -0.1) is 0 Å². The summed E-state index contributed by atoms with van der Waals surface area (Å²) in [5, 5.41) is 2.15. The van der Waals surface area contributed by atoms with Gasteiger partial charge in [0, 0.05) is 19.0 Å². The van der Waals surface area contributed by atoms with Crippen molar-refractivity contribution in [2.24, 2.45) is 5.92 Å². The molecular formula is C21H18Cl3F6N3OS. The van der Waals surface area contributed by atoms with E-state index in [9.17, 15) is 31.1 Å². The van der Waals surface area contributed by atoms with Gasteiger partial charge in [-0.3, -0.25) is 4.79 Å². The van der Waals surface area contributed by atoms with E-state index in [0.29, 0.717) is 24.2 Å². The second kappa shape index (κ2) is 9.46. The second-order valence-electron chi connectivity index (χ2n) is 8.58. The molecule has 1 saturated heterocycles. The summed E-state index contributed by atoms with van der Waals surface area (Å²) in [5.74, 6) is -0.495. The van der Waals surface area contributed by atoms with Gasteiger partial charge in [0.1, 0.15) is 0 Å². The number of nitrogens with one attached hydrogen (secondary N) is 1. The first-order valence-electron chi connectivity index (χ1n) is 10.5. The van der Waals surface area contributed by atoms with E-state index in [4.69, 9.17) is 34.8 Å². The van der Waals surface area contributed by atoms with Crippen LogP contribution < -0.4 is 10.2 Å². The Bertz CT molecular complexity index is 1100. The van der Waals surface area contributed by atoms with Crippen LogP contribution in [-0.4, -0.2) is 30.2 Å². The Balaban J connectivity index is 1.58. The molecule has 4 nitrogen and oxygen atoms in total. The summed E-state index contributed by atoms with van der Waals surface area (Å²) in [6.45, 7) is -0.740. The number of hydrogen-bond donors (Lipinski definition) is 1. The number of carbonyl (C=O) groups is 1. The molecule has 0 spiro atoms. The summed E-state index contributed by atoms with van der Waals surface area (Å²) in [5.41, 5.74) is -3.59. The molecule has 1 aliphatic heterocycles. The van der Waals surface area contributed by atoms with Crippen LogP contribution in [0.5, 0.6) is 0 Å². The average Bonchev–Trinajstić information content (AvgIpc) is 3.53. The van der Waals surface area contributed by atoms with Crippen LogP contribution in [0.15, 0.2) is 12.1 Å². The first kappa shape index (κ1) is 26.6. The number of benzene rings is 1. The van der Waals surface area contributed by atoms with E-state index < -0.39 is 36.3 Å². The molecule has 2 aromatic rings. The number of amides is 1. The van der Waals surface area contributed by atoms with E-state index in [0.717, 1.165) is 12.1 Å². The second-order valence-corrected chi connectivity index (χ2v) is 10.8. The third-order valence-electron chi connectivity index (χ3n) is 6.29. The molecule has 0 atom stereocenters. The summed E-state index contributed by atoms with van der Waals surface area (Å²) < 4.78 is 83.6. The van der Waals surface area contributed by atoms with E-state index >= 15 is 0 Å². The molecular weight excluding hydrogens is 563 g/mol. The van der Waals surface area contributed by atoms with E-state index in [-0.39, 0.29) is 62.1 Å². The van der Waals surface area contributed by atoms with Crippen LogP contribution in [0.2, 0.25) is 15.1 Å². The molecule has 2 aliphatic rings. The zero-order valence-electron chi connectivity index (χ0n) is 17.8. The fourth-order valence-electron chi connectivity index (χ4n) is 4.12. The summed E-state index contributed by atoms with van der Waals surface area (Å²) in [4.78, 5) is 16.8. The zero-order valence-corrected chi connectivity index (χ0v) is 20.9. The van der Waals surface area contributed by atoms with Gasteiger partial charge in [-0.1, -0.05) is 46.1 Å². The highest BCUT2D eigenvalue weighted by Gasteiger charge is 2.57. The minimum absolute atomic E-state index is 0.0454. The number of piperidine rings is 1. The quantitative estimate of drug-likeness (QED) is 0.299. The summed E-state index contributed by atoms with van der Waals surface area (Å²) in [6, 6.07) is 2.26. The zero-order chi connectivity index (χ0) is 25.8. The standard InChI is InChI=1S/C21H18Cl3F6N3OS/c22-12-7-11(8-13(23)15(12)24)19(21(28,29)30)3-5-33(6-4-19)18-32-16(20(25,26)27)14(35-18)9-31-17(34)10-1-2-10/h7-8,10H,1-6,9H2,(H,31,34). The molecule has 2 heterocycles. The SMILES string of the molecule is O=C(NCc1sc(N2CCC(c3cc(Cl)c(Cl)c(Cl)c3)(C(F)(F)F)CC2)nc1C(F)(F)F)C1CC1. The molecule has 1 N–H and O–H groups in total. The lowest BCUT2D eigenvalue weighted by Gasteiger charge is -2.43. The van der Waals surface area contributed by atoms with Crippen molar-refractivity contribution < 1.29 is 31.1 Å². The van der Waals surface area contributed by atoms with Gasteiger partial charge in [0.2, 0.25) is 5.91 Å².